The van der Waals surface area contributed by atoms with Crippen molar-refractivity contribution in [2.75, 3.05) is 6.54 Å². The van der Waals surface area contributed by atoms with Gasteiger partial charge in [0.25, 0.3) is 11.5 Å². The minimum absolute atomic E-state index is 0.150. The average molecular weight is 349 g/mol. The van der Waals surface area contributed by atoms with Crippen LogP contribution < -0.4 is 16.6 Å². The second-order valence-corrected chi connectivity index (χ2v) is 5.93. The fourth-order valence-corrected chi connectivity index (χ4v) is 2.70. The van der Waals surface area contributed by atoms with E-state index in [0.29, 0.717) is 24.2 Å². The molecule has 3 rings (SSSR count). The first-order valence-electron chi connectivity index (χ1n) is 8.27. The molecule has 0 saturated heterocycles. The number of aromatic amines is 1. The molecule has 3 aromatic rings. The summed E-state index contributed by atoms with van der Waals surface area (Å²) in [5.41, 5.74) is 0.272. The molecule has 6 heteroatoms. The van der Waals surface area contributed by atoms with Crippen LogP contribution in [0.15, 0.2) is 70.4 Å². The van der Waals surface area contributed by atoms with Gasteiger partial charge in [0.15, 0.2) is 0 Å². The van der Waals surface area contributed by atoms with Crippen molar-refractivity contribution in [1.29, 1.82) is 0 Å². The van der Waals surface area contributed by atoms with Crippen LogP contribution in [-0.4, -0.2) is 22.0 Å². The monoisotopic (exact) mass is 349 g/mol. The molecule has 0 radical (unpaired) electrons. The molecule has 0 atom stereocenters. The summed E-state index contributed by atoms with van der Waals surface area (Å²) in [6, 6.07) is 13.4. The molecule has 1 amide bonds. The molecule has 0 saturated carbocycles. The Morgan fingerprint density at radius 1 is 1.12 bits per heavy atom. The molecule has 0 bridgehead atoms. The van der Waals surface area contributed by atoms with Gasteiger partial charge in [-0.05, 0) is 23.8 Å². The van der Waals surface area contributed by atoms with Gasteiger partial charge in [-0.3, -0.25) is 19.1 Å². The number of rotatable bonds is 5. The van der Waals surface area contributed by atoms with Gasteiger partial charge in [-0.2, -0.15) is 0 Å². The molecule has 2 aromatic carbocycles. The molecule has 0 aliphatic carbocycles. The summed E-state index contributed by atoms with van der Waals surface area (Å²) >= 11 is 0. The normalized spacial score (nSPS) is 11.1. The number of aromatic nitrogens is 2. The predicted octanol–water partition coefficient (Wildman–Crippen LogP) is 1.98. The largest absolute Gasteiger partial charge is 0.349 e. The minimum atomic E-state index is -0.454. The predicted molar refractivity (Wildman–Crippen MR) is 101 cm³/mol. The maximum absolute atomic E-state index is 12.4. The lowest BCUT2D eigenvalue weighted by Gasteiger charge is -2.06. The number of allylic oxidation sites excluding steroid dienone is 1. The summed E-state index contributed by atoms with van der Waals surface area (Å²) in [4.78, 5) is 37.7. The summed E-state index contributed by atoms with van der Waals surface area (Å²) in [6.07, 6.45) is 5.05. The lowest BCUT2D eigenvalue weighted by atomic mass is 10.0. The standard InChI is InChI=1S/C20H19N3O3/c1-14-13-23(20(26)22-18(14)24)12-5-4-11-21-19(25)17-10-6-8-15-7-2-3-9-16(15)17/h2-10,13H,11-12H2,1H3,(H,21,25)(H,22,24,26)/b5-4-. The molecule has 2 N–H and O–H groups in total. The number of carbonyl (C=O) groups excluding carboxylic acids is 1. The van der Waals surface area contributed by atoms with E-state index in [9.17, 15) is 14.4 Å². The fraction of sp³-hybridized carbons (Fsp3) is 0.150. The van der Waals surface area contributed by atoms with Gasteiger partial charge in [0.2, 0.25) is 0 Å². The molecular weight excluding hydrogens is 330 g/mol. The van der Waals surface area contributed by atoms with Gasteiger partial charge in [0.05, 0.1) is 0 Å². The number of nitrogens with one attached hydrogen (secondary N) is 2. The third-order valence-electron chi connectivity index (χ3n) is 4.07. The number of H-pyrrole nitrogens is 1. The first-order chi connectivity index (χ1) is 12.6. The SMILES string of the molecule is Cc1cn(C/C=C\CNC(=O)c2cccc3ccccc23)c(=O)[nH]c1=O. The van der Waals surface area contributed by atoms with E-state index in [-0.39, 0.29) is 11.5 Å². The zero-order chi connectivity index (χ0) is 18.5. The quantitative estimate of drug-likeness (QED) is 0.691. The first kappa shape index (κ1) is 17.4. The summed E-state index contributed by atoms with van der Waals surface area (Å²) in [5.74, 6) is -0.150. The Bertz CT molecular complexity index is 1090. The Labute approximate surface area is 149 Å². The lowest BCUT2D eigenvalue weighted by Crippen LogP contribution is -2.30. The molecule has 0 aliphatic rings. The summed E-state index contributed by atoms with van der Waals surface area (Å²) < 4.78 is 1.40. The van der Waals surface area contributed by atoms with Crippen LogP contribution in [0.3, 0.4) is 0 Å². The van der Waals surface area contributed by atoms with E-state index in [4.69, 9.17) is 0 Å². The number of fused-ring (bicyclic) bond motifs is 1. The van der Waals surface area contributed by atoms with Crippen molar-refractivity contribution in [3.8, 4) is 0 Å². The van der Waals surface area contributed by atoms with E-state index in [1.165, 1.54) is 10.8 Å². The third-order valence-corrected chi connectivity index (χ3v) is 4.07. The van der Waals surface area contributed by atoms with Crippen LogP contribution in [0, 0.1) is 6.92 Å². The lowest BCUT2D eigenvalue weighted by molar-refractivity contribution is 0.0959. The van der Waals surface area contributed by atoms with Crippen LogP contribution in [0.4, 0.5) is 0 Å². The fourth-order valence-electron chi connectivity index (χ4n) is 2.70. The van der Waals surface area contributed by atoms with E-state index in [0.717, 1.165) is 10.8 Å². The number of nitrogens with zero attached hydrogens (tertiary/aromatic N) is 1. The van der Waals surface area contributed by atoms with E-state index < -0.39 is 5.69 Å². The van der Waals surface area contributed by atoms with Gasteiger partial charge in [0.1, 0.15) is 0 Å². The van der Waals surface area contributed by atoms with Crippen molar-refractivity contribution in [3.63, 3.8) is 0 Å². The molecule has 132 valence electrons. The van der Waals surface area contributed by atoms with Crippen molar-refractivity contribution < 1.29 is 4.79 Å². The molecule has 0 unspecified atom stereocenters. The molecular formula is C20H19N3O3. The minimum Gasteiger partial charge on any atom is -0.349 e. The third kappa shape index (κ3) is 3.80. The zero-order valence-electron chi connectivity index (χ0n) is 14.4. The van der Waals surface area contributed by atoms with E-state index in [1.54, 1.807) is 25.1 Å². The summed E-state index contributed by atoms with van der Waals surface area (Å²) in [5, 5.41) is 4.77. The molecule has 0 fully saturated rings. The average Bonchev–Trinajstić information content (AvgIpc) is 2.64. The van der Waals surface area contributed by atoms with E-state index in [1.807, 2.05) is 36.4 Å². The molecule has 1 aromatic heterocycles. The van der Waals surface area contributed by atoms with Crippen molar-refractivity contribution in [3.05, 3.63) is 92.8 Å². The number of hydrogen-bond acceptors (Lipinski definition) is 3. The van der Waals surface area contributed by atoms with Crippen LogP contribution in [0.5, 0.6) is 0 Å². The topological polar surface area (TPSA) is 84.0 Å². The smallest absolute Gasteiger partial charge is 0.328 e. The summed E-state index contributed by atoms with van der Waals surface area (Å²) in [6.45, 7) is 2.31. The number of benzene rings is 2. The Hall–Kier alpha value is -3.41. The number of carbonyl (C=O) groups is 1. The molecule has 26 heavy (non-hydrogen) atoms. The van der Waals surface area contributed by atoms with Gasteiger partial charge in [-0.15, -0.1) is 0 Å². The van der Waals surface area contributed by atoms with Crippen LogP contribution in [0.25, 0.3) is 10.8 Å². The van der Waals surface area contributed by atoms with Crippen LogP contribution in [0.1, 0.15) is 15.9 Å². The molecule has 0 aliphatic heterocycles. The number of hydrogen-bond donors (Lipinski definition) is 2. The summed E-state index contributed by atoms with van der Waals surface area (Å²) in [7, 11) is 0. The van der Waals surface area contributed by atoms with Gasteiger partial charge in [0, 0.05) is 30.4 Å². The number of aryl methyl sites for hydroxylation is 1. The van der Waals surface area contributed by atoms with Crippen molar-refractivity contribution >= 4 is 16.7 Å². The van der Waals surface area contributed by atoms with Crippen LogP contribution >= 0.6 is 0 Å². The molecule has 0 spiro atoms. The highest BCUT2D eigenvalue weighted by Crippen LogP contribution is 2.18. The van der Waals surface area contributed by atoms with Gasteiger partial charge >= 0.3 is 5.69 Å². The van der Waals surface area contributed by atoms with Crippen molar-refractivity contribution in [2.24, 2.45) is 0 Å². The highest BCUT2D eigenvalue weighted by atomic mass is 16.2. The van der Waals surface area contributed by atoms with E-state index in [2.05, 4.69) is 10.3 Å². The van der Waals surface area contributed by atoms with Gasteiger partial charge < -0.3 is 5.32 Å². The van der Waals surface area contributed by atoms with Crippen molar-refractivity contribution in [2.45, 2.75) is 13.5 Å². The second-order valence-electron chi connectivity index (χ2n) is 5.93. The Morgan fingerprint density at radius 2 is 1.88 bits per heavy atom. The number of amides is 1. The zero-order valence-corrected chi connectivity index (χ0v) is 14.4. The maximum Gasteiger partial charge on any atom is 0.328 e. The Morgan fingerprint density at radius 3 is 2.73 bits per heavy atom. The van der Waals surface area contributed by atoms with Gasteiger partial charge in [-0.1, -0.05) is 48.6 Å². The van der Waals surface area contributed by atoms with E-state index >= 15 is 0 Å². The van der Waals surface area contributed by atoms with Gasteiger partial charge in [-0.25, -0.2) is 4.79 Å². The highest BCUT2D eigenvalue weighted by molar-refractivity contribution is 6.07. The second kappa shape index (κ2) is 7.65. The van der Waals surface area contributed by atoms with Crippen LogP contribution in [-0.2, 0) is 6.54 Å². The van der Waals surface area contributed by atoms with Crippen LogP contribution in [0.2, 0.25) is 0 Å². The van der Waals surface area contributed by atoms with Crippen molar-refractivity contribution in [1.82, 2.24) is 14.9 Å². The molecule has 6 nitrogen and oxygen atoms in total. The highest BCUT2D eigenvalue weighted by Gasteiger charge is 2.08. The first-order valence-corrected chi connectivity index (χ1v) is 8.27. The Kier molecular flexibility index (Phi) is 5.12. The Balaban J connectivity index is 1.62. The molecule has 1 heterocycles. The maximum atomic E-state index is 12.4.